The minimum atomic E-state index is -1.23. The highest BCUT2D eigenvalue weighted by Gasteiger charge is 2.53. The normalized spacial score (nSPS) is 18.0. The summed E-state index contributed by atoms with van der Waals surface area (Å²) < 4.78 is 23.0. The molecule has 2 aliphatic rings. The molecule has 3 aromatic carbocycles. The number of carbonyl (C=O) groups excluding carboxylic acids is 2. The number of benzene rings is 3. The summed E-state index contributed by atoms with van der Waals surface area (Å²) in [5.74, 6) is 0.211. The summed E-state index contributed by atoms with van der Waals surface area (Å²) >= 11 is 0. The van der Waals surface area contributed by atoms with Gasteiger partial charge in [0.25, 0.3) is 0 Å². The molecule has 0 amide bonds. The van der Waals surface area contributed by atoms with E-state index in [4.69, 9.17) is 18.9 Å². The van der Waals surface area contributed by atoms with Gasteiger partial charge in [-0.1, -0.05) is 18.2 Å². The number of rotatable bonds is 3. The van der Waals surface area contributed by atoms with E-state index in [9.17, 15) is 14.7 Å². The summed E-state index contributed by atoms with van der Waals surface area (Å²) in [6.07, 6.45) is 0. The number of aromatic hydroxyl groups is 1. The monoisotopic (exact) mass is 446 g/mol. The number of ether oxygens (including phenoxy) is 4. The summed E-state index contributed by atoms with van der Waals surface area (Å²) in [4.78, 5) is 24.8. The molecule has 0 fully saturated rings. The van der Waals surface area contributed by atoms with Crippen LogP contribution in [0, 0.1) is 0 Å². The highest BCUT2D eigenvalue weighted by Crippen LogP contribution is 2.56. The van der Waals surface area contributed by atoms with Gasteiger partial charge in [-0.15, -0.1) is 0 Å². The number of fused-ring (bicyclic) bond motifs is 6. The summed E-state index contributed by atoms with van der Waals surface area (Å²) in [5, 5.41) is 10.0. The molecule has 5 rings (SSSR count). The van der Waals surface area contributed by atoms with Crippen molar-refractivity contribution in [1.82, 2.24) is 0 Å². The van der Waals surface area contributed by atoms with Crippen molar-refractivity contribution in [1.29, 1.82) is 0 Å². The van der Waals surface area contributed by atoms with Crippen LogP contribution in [0.4, 0.5) is 0 Å². The van der Waals surface area contributed by atoms with Gasteiger partial charge in [-0.3, -0.25) is 0 Å². The summed E-state index contributed by atoms with van der Waals surface area (Å²) in [5.41, 5.74) is 0.534. The Kier molecular flexibility index (Phi) is 4.60. The molecule has 7 heteroatoms. The van der Waals surface area contributed by atoms with Crippen molar-refractivity contribution in [3.8, 4) is 23.0 Å². The molecule has 0 saturated carbocycles. The van der Waals surface area contributed by atoms with E-state index in [0.29, 0.717) is 39.5 Å². The standard InChI is InChI=1S/C26H22O7/c1-25(2,3)32-23(28)14-30-16-9-11-20-22(13-16)31-21-12-15(27)8-10-19(21)26(20)18-7-5-4-6-17(18)24(29)33-26/h4-13,27H,14H2,1-3H3. The Labute approximate surface area is 190 Å². The van der Waals surface area contributed by atoms with Crippen molar-refractivity contribution in [2.24, 2.45) is 0 Å². The Bertz CT molecular complexity index is 1290. The second-order valence-electron chi connectivity index (χ2n) is 8.93. The SMILES string of the molecule is CC(C)(C)OC(=O)COc1ccc2c(c1)Oc1cc(O)ccc1C21OC(=O)c2ccccc21. The van der Waals surface area contributed by atoms with E-state index in [1.165, 1.54) is 12.1 Å². The number of esters is 2. The maximum Gasteiger partial charge on any atom is 0.344 e. The Morgan fingerprint density at radius 1 is 0.970 bits per heavy atom. The van der Waals surface area contributed by atoms with Gasteiger partial charge in [-0.05, 0) is 51.1 Å². The highest BCUT2D eigenvalue weighted by molar-refractivity contribution is 5.97. The van der Waals surface area contributed by atoms with Gasteiger partial charge in [0.15, 0.2) is 12.2 Å². The lowest BCUT2D eigenvalue weighted by Crippen LogP contribution is -2.33. The Morgan fingerprint density at radius 2 is 1.67 bits per heavy atom. The molecule has 0 aliphatic carbocycles. The maximum atomic E-state index is 12.8. The number of phenolic OH excluding ortho intramolecular Hbond substituents is 1. The van der Waals surface area contributed by atoms with Crippen LogP contribution >= 0.6 is 0 Å². The molecule has 1 spiro atoms. The Hall–Kier alpha value is -4.00. The molecule has 2 aliphatic heterocycles. The Balaban J connectivity index is 1.57. The first-order valence-corrected chi connectivity index (χ1v) is 10.5. The van der Waals surface area contributed by atoms with Gasteiger partial charge in [-0.2, -0.15) is 0 Å². The number of carbonyl (C=O) groups is 2. The second-order valence-corrected chi connectivity index (χ2v) is 8.93. The fourth-order valence-corrected chi connectivity index (χ4v) is 4.25. The van der Waals surface area contributed by atoms with Crippen molar-refractivity contribution < 1.29 is 33.6 Å². The minimum Gasteiger partial charge on any atom is -0.508 e. The van der Waals surface area contributed by atoms with Crippen LogP contribution in [-0.4, -0.2) is 29.3 Å². The first-order chi connectivity index (χ1) is 15.7. The van der Waals surface area contributed by atoms with E-state index in [1.54, 1.807) is 57.2 Å². The summed E-state index contributed by atoms with van der Waals surface area (Å²) in [6, 6.07) is 17.0. The largest absolute Gasteiger partial charge is 0.508 e. The van der Waals surface area contributed by atoms with E-state index >= 15 is 0 Å². The van der Waals surface area contributed by atoms with Crippen molar-refractivity contribution >= 4 is 11.9 Å². The zero-order chi connectivity index (χ0) is 23.4. The van der Waals surface area contributed by atoms with Crippen molar-refractivity contribution in [3.05, 3.63) is 82.9 Å². The van der Waals surface area contributed by atoms with E-state index < -0.39 is 23.1 Å². The first kappa shape index (κ1) is 20.9. The van der Waals surface area contributed by atoms with Crippen LogP contribution in [0.1, 0.15) is 47.8 Å². The molecule has 1 unspecified atom stereocenters. The molecule has 1 N–H and O–H groups in total. The van der Waals surface area contributed by atoms with Crippen LogP contribution in [0.3, 0.4) is 0 Å². The molecule has 1 atom stereocenters. The topological polar surface area (TPSA) is 91.3 Å². The quantitative estimate of drug-likeness (QED) is 0.584. The smallest absolute Gasteiger partial charge is 0.344 e. The lowest BCUT2D eigenvalue weighted by atomic mass is 9.77. The van der Waals surface area contributed by atoms with E-state index in [2.05, 4.69) is 0 Å². The lowest BCUT2D eigenvalue weighted by molar-refractivity contribution is -0.157. The molecule has 33 heavy (non-hydrogen) atoms. The van der Waals surface area contributed by atoms with Crippen LogP contribution in [-0.2, 0) is 19.9 Å². The third-order valence-electron chi connectivity index (χ3n) is 5.45. The van der Waals surface area contributed by atoms with Gasteiger partial charge < -0.3 is 24.1 Å². The third kappa shape index (κ3) is 3.46. The van der Waals surface area contributed by atoms with Gasteiger partial charge >= 0.3 is 11.9 Å². The molecule has 0 saturated heterocycles. The Morgan fingerprint density at radius 3 is 2.42 bits per heavy atom. The number of hydrogen-bond acceptors (Lipinski definition) is 7. The van der Waals surface area contributed by atoms with Crippen LogP contribution in [0.15, 0.2) is 60.7 Å². The summed E-state index contributed by atoms with van der Waals surface area (Å²) in [6.45, 7) is 5.08. The van der Waals surface area contributed by atoms with Crippen molar-refractivity contribution in [2.45, 2.75) is 32.0 Å². The predicted molar refractivity (Wildman–Crippen MR) is 118 cm³/mol. The molecule has 2 heterocycles. The molecular formula is C26H22O7. The molecule has 0 bridgehead atoms. The van der Waals surface area contributed by atoms with Crippen LogP contribution in [0.2, 0.25) is 0 Å². The molecule has 0 aromatic heterocycles. The fourth-order valence-electron chi connectivity index (χ4n) is 4.25. The van der Waals surface area contributed by atoms with Crippen LogP contribution in [0.25, 0.3) is 0 Å². The van der Waals surface area contributed by atoms with E-state index in [-0.39, 0.29) is 12.4 Å². The van der Waals surface area contributed by atoms with Gasteiger partial charge in [0.1, 0.15) is 28.6 Å². The first-order valence-electron chi connectivity index (χ1n) is 10.5. The molecule has 3 aromatic rings. The van der Waals surface area contributed by atoms with E-state index in [0.717, 1.165) is 0 Å². The zero-order valence-electron chi connectivity index (χ0n) is 18.4. The maximum absolute atomic E-state index is 12.8. The molecule has 7 nitrogen and oxygen atoms in total. The third-order valence-corrected chi connectivity index (χ3v) is 5.45. The molecular weight excluding hydrogens is 424 g/mol. The van der Waals surface area contributed by atoms with Crippen molar-refractivity contribution in [3.63, 3.8) is 0 Å². The van der Waals surface area contributed by atoms with Crippen LogP contribution in [0.5, 0.6) is 23.0 Å². The average molecular weight is 446 g/mol. The summed E-state index contributed by atoms with van der Waals surface area (Å²) in [7, 11) is 0. The zero-order valence-corrected chi connectivity index (χ0v) is 18.4. The van der Waals surface area contributed by atoms with Gasteiger partial charge in [0, 0.05) is 28.8 Å². The predicted octanol–water partition coefficient (Wildman–Crippen LogP) is 4.68. The fraction of sp³-hybridized carbons (Fsp3) is 0.231. The van der Waals surface area contributed by atoms with Gasteiger partial charge in [-0.25, -0.2) is 9.59 Å². The van der Waals surface area contributed by atoms with Gasteiger partial charge in [0.05, 0.1) is 5.56 Å². The molecule has 0 radical (unpaired) electrons. The minimum absolute atomic E-state index is 0.0160. The van der Waals surface area contributed by atoms with Gasteiger partial charge in [0.2, 0.25) is 0 Å². The number of hydrogen-bond donors (Lipinski definition) is 1. The second kappa shape index (κ2) is 7.27. The molecule has 168 valence electrons. The van der Waals surface area contributed by atoms with E-state index in [1.807, 2.05) is 12.1 Å². The lowest BCUT2D eigenvalue weighted by Gasteiger charge is -2.36. The highest BCUT2D eigenvalue weighted by atomic mass is 16.6. The van der Waals surface area contributed by atoms with Crippen LogP contribution < -0.4 is 9.47 Å². The number of phenols is 1. The van der Waals surface area contributed by atoms with Crippen molar-refractivity contribution in [2.75, 3.05) is 6.61 Å². The average Bonchev–Trinajstić information content (AvgIpc) is 3.04.